The predicted molar refractivity (Wildman–Crippen MR) is 112 cm³/mol. The lowest BCUT2D eigenvalue weighted by molar-refractivity contribution is -0.0359. The minimum absolute atomic E-state index is 0.110. The highest BCUT2D eigenvalue weighted by atomic mass is 16.5. The fraction of sp³-hybridized carbons (Fsp3) is 0.481. The first-order chi connectivity index (χ1) is 13.7. The first-order valence-electron chi connectivity index (χ1n) is 11.2. The van der Waals surface area contributed by atoms with Crippen molar-refractivity contribution < 1.29 is 4.74 Å². The first kappa shape index (κ1) is 16.0. The summed E-state index contributed by atoms with van der Waals surface area (Å²) >= 11 is 0. The van der Waals surface area contributed by atoms with Crippen LogP contribution in [0.25, 0.3) is 11.1 Å². The predicted octanol–water partition coefficient (Wildman–Crippen LogP) is 6.26. The molecule has 0 radical (unpaired) electrons. The van der Waals surface area contributed by atoms with Crippen molar-refractivity contribution in [3.05, 3.63) is 71.8 Å². The van der Waals surface area contributed by atoms with Crippen LogP contribution in [0.4, 0.5) is 0 Å². The average Bonchev–Trinajstić information content (AvgIpc) is 3.50. The van der Waals surface area contributed by atoms with E-state index in [1.54, 1.807) is 0 Å². The summed E-state index contributed by atoms with van der Waals surface area (Å²) in [5.41, 5.74) is 5.79. The summed E-state index contributed by atoms with van der Waals surface area (Å²) in [5, 5.41) is 0. The summed E-state index contributed by atoms with van der Waals surface area (Å²) in [5.74, 6) is 5.55. The first-order valence-corrected chi connectivity index (χ1v) is 11.2. The maximum Gasteiger partial charge on any atom is 0.109 e. The van der Waals surface area contributed by atoms with Gasteiger partial charge < -0.3 is 4.74 Å². The van der Waals surface area contributed by atoms with Gasteiger partial charge in [0.25, 0.3) is 0 Å². The average molecular weight is 369 g/mol. The lowest BCUT2D eigenvalue weighted by Gasteiger charge is -2.43. The minimum atomic E-state index is 0.110. The van der Waals surface area contributed by atoms with Crippen molar-refractivity contribution in [3.63, 3.8) is 0 Å². The van der Waals surface area contributed by atoms with Crippen molar-refractivity contribution in [1.82, 2.24) is 0 Å². The molecule has 0 N–H and O–H groups in total. The van der Waals surface area contributed by atoms with Crippen LogP contribution in [0.3, 0.4) is 0 Å². The molecule has 5 aliphatic carbocycles. The Morgan fingerprint density at radius 1 is 0.857 bits per heavy atom. The Kier molecular flexibility index (Phi) is 3.08. The maximum absolute atomic E-state index is 6.81. The SMILES string of the molecule is CC1(COC2c3ccccc3-c3ccccc32)CC2CC1C1C3C=CC(C3)C21. The van der Waals surface area contributed by atoms with E-state index in [0.29, 0.717) is 5.41 Å². The molecular formula is C27H28O. The molecule has 2 aromatic carbocycles. The quantitative estimate of drug-likeness (QED) is 0.459. The number of fused-ring (bicyclic) bond motifs is 12. The third-order valence-corrected chi connectivity index (χ3v) is 9.13. The van der Waals surface area contributed by atoms with Gasteiger partial charge in [-0.3, -0.25) is 0 Å². The molecular weight excluding hydrogens is 340 g/mol. The van der Waals surface area contributed by atoms with Crippen molar-refractivity contribution in [2.24, 2.45) is 40.9 Å². The molecule has 5 aliphatic rings. The van der Waals surface area contributed by atoms with Gasteiger partial charge in [-0.2, -0.15) is 0 Å². The molecule has 1 heteroatoms. The van der Waals surface area contributed by atoms with E-state index in [9.17, 15) is 0 Å². The van der Waals surface area contributed by atoms with Gasteiger partial charge in [-0.05, 0) is 82.4 Å². The van der Waals surface area contributed by atoms with E-state index in [4.69, 9.17) is 4.74 Å². The van der Waals surface area contributed by atoms with E-state index in [2.05, 4.69) is 67.6 Å². The highest BCUT2D eigenvalue weighted by molar-refractivity contribution is 5.78. The third kappa shape index (κ3) is 1.92. The molecule has 7 rings (SSSR count). The van der Waals surface area contributed by atoms with Gasteiger partial charge in [-0.25, -0.2) is 0 Å². The van der Waals surface area contributed by atoms with Gasteiger partial charge in [0.1, 0.15) is 6.10 Å². The lowest BCUT2D eigenvalue weighted by atomic mass is 9.63. The molecule has 1 nitrogen and oxygen atoms in total. The Bertz CT molecular complexity index is 944. The van der Waals surface area contributed by atoms with Gasteiger partial charge >= 0.3 is 0 Å². The van der Waals surface area contributed by atoms with Crippen LogP contribution in [-0.4, -0.2) is 6.61 Å². The van der Waals surface area contributed by atoms with E-state index in [1.165, 1.54) is 41.5 Å². The zero-order chi connectivity index (χ0) is 18.5. The monoisotopic (exact) mass is 368 g/mol. The van der Waals surface area contributed by atoms with Crippen molar-refractivity contribution >= 4 is 0 Å². The summed E-state index contributed by atoms with van der Waals surface area (Å²) in [4.78, 5) is 0. The number of hydrogen-bond acceptors (Lipinski definition) is 1. The molecule has 7 unspecified atom stereocenters. The number of rotatable bonds is 3. The van der Waals surface area contributed by atoms with Crippen molar-refractivity contribution in [2.75, 3.05) is 6.61 Å². The minimum Gasteiger partial charge on any atom is -0.368 e. The van der Waals surface area contributed by atoms with Gasteiger partial charge in [-0.15, -0.1) is 0 Å². The van der Waals surface area contributed by atoms with E-state index in [1.807, 2.05) is 0 Å². The molecule has 2 aromatic rings. The number of benzene rings is 2. The highest BCUT2D eigenvalue weighted by Gasteiger charge is 2.64. The highest BCUT2D eigenvalue weighted by Crippen LogP contribution is 2.70. The summed E-state index contributed by atoms with van der Waals surface area (Å²) in [6.07, 6.45) is 9.50. The summed E-state index contributed by atoms with van der Waals surface area (Å²) in [6, 6.07) is 17.7. The van der Waals surface area contributed by atoms with Crippen LogP contribution in [0.1, 0.15) is 43.4 Å². The number of ether oxygens (including phenoxy) is 1. The standard InChI is InChI=1S/C27H28O/c1-27(14-18-13-23(27)25-17-11-10-16(12-17)24(18)25)15-28-26-21-8-4-2-6-19(21)20-7-3-5-9-22(20)26/h2-11,16-18,23-26H,12-15H2,1H3. The normalized spacial score (nSPS) is 41.5. The Balaban J connectivity index is 1.18. The van der Waals surface area contributed by atoms with Crippen LogP contribution in [0.2, 0.25) is 0 Å². The molecule has 3 fully saturated rings. The largest absolute Gasteiger partial charge is 0.368 e. The second-order valence-corrected chi connectivity index (χ2v) is 10.4. The Morgan fingerprint density at radius 2 is 1.50 bits per heavy atom. The smallest absolute Gasteiger partial charge is 0.109 e. The summed E-state index contributed by atoms with van der Waals surface area (Å²) in [7, 11) is 0. The molecule has 0 spiro atoms. The summed E-state index contributed by atoms with van der Waals surface area (Å²) in [6.45, 7) is 3.45. The van der Waals surface area contributed by atoms with E-state index < -0.39 is 0 Å². The van der Waals surface area contributed by atoms with Crippen LogP contribution >= 0.6 is 0 Å². The molecule has 0 saturated heterocycles. The second kappa shape index (κ2) is 5.39. The zero-order valence-corrected chi connectivity index (χ0v) is 16.6. The van der Waals surface area contributed by atoms with Crippen LogP contribution in [0.15, 0.2) is 60.7 Å². The Hall–Kier alpha value is -1.86. The van der Waals surface area contributed by atoms with Gasteiger partial charge in [0.15, 0.2) is 0 Å². The Morgan fingerprint density at radius 3 is 2.21 bits per heavy atom. The van der Waals surface area contributed by atoms with Crippen LogP contribution in [0.5, 0.6) is 0 Å². The molecule has 0 heterocycles. The second-order valence-electron chi connectivity index (χ2n) is 10.4. The van der Waals surface area contributed by atoms with E-state index >= 15 is 0 Å². The van der Waals surface area contributed by atoms with Crippen LogP contribution in [-0.2, 0) is 4.74 Å². The molecule has 0 amide bonds. The zero-order valence-electron chi connectivity index (χ0n) is 16.6. The number of allylic oxidation sites excluding steroid dienone is 2. The van der Waals surface area contributed by atoms with Gasteiger partial charge in [-0.1, -0.05) is 67.6 Å². The van der Waals surface area contributed by atoms with Gasteiger partial charge in [0, 0.05) is 0 Å². The van der Waals surface area contributed by atoms with Crippen LogP contribution < -0.4 is 0 Å². The summed E-state index contributed by atoms with van der Waals surface area (Å²) < 4.78 is 6.81. The molecule has 7 atom stereocenters. The molecule has 3 saturated carbocycles. The molecule has 142 valence electrons. The lowest BCUT2D eigenvalue weighted by Crippen LogP contribution is -2.40. The van der Waals surface area contributed by atoms with E-state index in [-0.39, 0.29) is 6.10 Å². The topological polar surface area (TPSA) is 9.23 Å². The van der Waals surface area contributed by atoms with Crippen molar-refractivity contribution in [2.45, 2.75) is 32.3 Å². The van der Waals surface area contributed by atoms with Crippen molar-refractivity contribution in [3.8, 4) is 11.1 Å². The van der Waals surface area contributed by atoms with Crippen LogP contribution in [0, 0.1) is 40.9 Å². The number of hydrogen-bond donors (Lipinski definition) is 0. The van der Waals surface area contributed by atoms with Gasteiger partial charge in [0.2, 0.25) is 0 Å². The molecule has 0 aromatic heterocycles. The maximum atomic E-state index is 6.81. The Labute approximate surface area is 167 Å². The molecule has 28 heavy (non-hydrogen) atoms. The van der Waals surface area contributed by atoms with E-state index in [0.717, 1.165) is 42.1 Å². The van der Waals surface area contributed by atoms with Gasteiger partial charge in [0.05, 0.1) is 6.61 Å². The fourth-order valence-corrected chi connectivity index (χ4v) is 8.22. The van der Waals surface area contributed by atoms with Crippen molar-refractivity contribution in [1.29, 1.82) is 0 Å². The molecule has 4 bridgehead atoms. The fourth-order valence-electron chi connectivity index (χ4n) is 8.22. The molecule has 0 aliphatic heterocycles. The third-order valence-electron chi connectivity index (χ3n) is 9.13.